The molecule has 2 heterocycles. The zero-order chi connectivity index (χ0) is 16.5. The summed E-state index contributed by atoms with van der Waals surface area (Å²) in [4.78, 5) is 13.9. The molecule has 4 rings (SSSR count). The second-order valence-electron chi connectivity index (χ2n) is 7.06. The molecular weight excluding hydrogens is 300 g/mol. The molecule has 0 aromatic carbocycles. The summed E-state index contributed by atoms with van der Waals surface area (Å²) in [6, 6.07) is 2.47. The Hall–Kier alpha value is -1.95. The van der Waals surface area contributed by atoms with Crippen LogP contribution in [0.3, 0.4) is 0 Å². The van der Waals surface area contributed by atoms with Crippen LogP contribution in [-0.2, 0) is 13.0 Å². The number of nitrogens with zero attached hydrogens (tertiary/aromatic N) is 4. The number of imidazole rings is 1. The molecule has 0 atom stereocenters. The second kappa shape index (κ2) is 6.51. The van der Waals surface area contributed by atoms with Crippen LogP contribution in [0.15, 0.2) is 18.5 Å². The molecule has 0 radical (unpaired) electrons. The Balaban J connectivity index is 1.43. The number of rotatable bonds is 7. The zero-order valence-corrected chi connectivity index (χ0v) is 14.3. The Morgan fingerprint density at radius 1 is 1.25 bits per heavy atom. The molecule has 3 N–H and O–H groups in total. The molecule has 2 aromatic rings. The summed E-state index contributed by atoms with van der Waals surface area (Å²) in [6.07, 6.45) is 9.41. The van der Waals surface area contributed by atoms with E-state index >= 15 is 0 Å². The van der Waals surface area contributed by atoms with E-state index in [4.69, 9.17) is 15.7 Å². The molecule has 2 fully saturated rings. The van der Waals surface area contributed by atoms with Crippen LogP contribution in [0.2, 0.25) is 0 Å². The van der Waals surface area contributed by atoms with Crippen LogP contribution in [0.5, 0.6) is 0 Å². The van der Waals surface area contributed by atoms with Gasteiger partial charge in [-0.2, -0.15) is 0 Å². The number of nitrogens with two attached hydrogens (primary N) is 1. The number of anilines is 1. The maximum Gasteiger partial charge on any atom is 0.134 e. The van der Waals surface area contributed by atoms with Gasteiger partial charge in [0.25, 0.3) is 0 Å². The SMILES string of the molecule is CCc1nccn1CCNc1cc(C2CC(N)C2)nc(C2CC2)n1. The van der Waals surface area contributed by atoms with Gasteiger partial charge in [0.05, 0.1) is 0 Å². The maximum absolute atomic E-state index is 5.95. The zero-order valence-electron chi connectivity index (χ0n) is 14.3. The Morgan fingerprint density at radius 3 is 2.79 bits per heavy atom. The van der Waals surface area contributed by atoms with Crippen molar-refractivity contribution >= 4 is 5.82 Å². The molecule has 0 aliphatic heterocycles. The van der Waals surface area contributed by atoms with Gasteiger partial charge in [-0.3, -0.25) is 0 Å². The van der Waals surface area contributed by atoms with Gasteiger partial charge >= 0.3 is 0 Å². The highest BCUT2D eigenvalue weighted by molar-refractivity contribution is 5.38. The molecular formula is C18H26N6. The summed E-state index contributed by atoms with van der Waals surface area (Å²) in [6.45, 7) is 3.87. The van der Waals surface area contributed by atoms with E-state index in [2.05, 4.69) is 27.9 Å². The standard InChI is InChI=1S/C18H26N6/c1-2-17-21-6-8-24(17)7-5-20-16-11-15(13-9-14(19)10-13)22-18(23-16)12-3-4-12/h6,8,11-14H,2-5,7,9-10,19H2,1H3,(H,20,22,23). The molecule has 0 amide bonds. The second-order valence-corrected chi connectivity index (χ2v) is 7.06. The average Bonchev–Trinajstić information content (AvgIpc) is 3.31. The summed E-state index contributed by atoms with van der Waals surface area (Å²) < 4.78 is 2.20. The topological polar surface area (TPSA) is 81.7 Å². The molecule has 0 bridgehead atoms. The van der Waals surface area contributed by atoms with Gasteiger partial charge in [-0.25, -0.2) is 15.0 Å². The molecule has 6 nitrogen and oxygen atoms in total. The quantitative estimate of drug-likeness (QED) is 0.816. The van der Waals surface area contributed by atoms with Crippen molar-refractivity contribution in [2.24, 2.45) is 5.73 Å². The van der Waals surface area contributed by atoms with Gasteiger partial charge in [0.1, 0.15) is 17.5 Å². The third-order valence-corrected chi connectivity index (χ3v) is 5.08. The van der Waals surface area contributed by atoms with Gasteiger partial charge in [0.15, 0.2) is 0 Å². The summed E-state index contributed by atoms with van der Waals surface area (Å²) in [7, 11) is 0. The van der Waals surface area contributed by atoms with Crippen LogP contribution >= 0.6 is 0 Å². The highest BCUT2D eigenvalue weighted by Crippen LogP contribution is 2.41. The van der Waals surface area contributed by atoms with E-state index in [9.17, 15) is 0 Å². The van der Waals surface area contributed by atoms with Gasteiger partial charge in [0, 0.05) is 61.5 Å². The molecule has 2 aliphatic rings. The Bertz CT molecular complexity index is 699. The fraction of sp³-hybridized carbons (Fsp3) is 0.611. The minimum Gasteiger partial charge on any atom is -0.368 e. The number of aromatic nitrogens is 4. The van der Waals surface area contributed by atoms with Crippen LogP contribution < -0.4 is 11.1 Å². The van der Waals surface area contributed by atoms with Crippen molar-refractivity contribution in [2.45, 2.75) is 63.5 Å². The van der Waals surface area contributed by atoms with Gasteiger partial charge in [-0.05, 0) is 25.7 Å². The van der Waals surface area contributed by atoms with E-state index in [1.807, 2.05) is 12.4 Å². The number of aryl methyl sites for hydroxylation is 1. The predicted octanol–water partition coefficient (Wildman–Crippen LogP) is 2.43. The van der Waals surface area contributed by atoms with Crippen LogP contribution in [0, 0.1) is 0 Å². The molecule has 0 saturated heterocycles. The molecule has 2 aliphatic carbocycles. The van der Waals surface area contributed by atoms with E-state index in [-0.39, 0.29) is 0 Å². The monoisotopic (exact) mass is 326 g/mol. The summed E-state index contributed by atoms with van der Waals surface area (Å²) in [5.74, 6) is 4.19. The fourth-order valence-electron chi connectivity index (χ4n) is 3.37. The lowest BCUT2D eigenvalue weighted by molar-refractivity contribution is 0.344. The Morgan fingerprint density at radius 2 is 2.08 bits per heavy atom. The molecule has 2 saturated carbocycles. The molecule has 2 aromatic heterocycles. The third kappa shape index (κ3) is 3.29. The lowest BCUT2D eigenvalue weighted by Crippen LogP contribution is -2.35. The van der Waals surface area contributed by atoms with E-state index in [0.29, 0.717) is 17.9 Å². The highest BCUT2D eigenvalue weighted by atomic mass is 15.1. The van der Waals surface area contributed by atoms with E-state index in [1.165, 1.54) is 18.5 Å². The first-order valence-corrected chi connectivity index (χ1v) is 9.11. The van der Waals surface area contributed by atoms with Crippen molar-refractivity contribution < 1.29 is 0 Å². The third-order valence-electron chi connectivity index (χ3n) is 5.08. The molecule has 0 spiro atoms. The Kier molecular flexibility index (Phi) is 4.22. The fourth-order valence-corrected chi connectivity index (χ4v) is 3.37. The van der Waals surface area contributed by atoms with Crippen molar-refractivity contribution in [1.82, 2.24) is 19.5 Å². The number of hydrogen-bond donors (Lipinski definition) is 2. The van der Waals surface area contributed by atoms with Crippen molar-refractivity contribution in [2.75, 3.05) is 11.9 Å². The highest BCUT2D eigenvalue weighted by Gasteiger charge is 2.32. The number of hydrogen-bond acceptors (Lipinski definition) is 5. The molecule has 6 heteroatoms. The van der Waals surface area contributed by atoms with E-state index in [0.717, 1.165) is 49.8 Å². The molecule has 0 unspecified atom stereocenters. The first-order valence-electron chi connectivity index (χ1n) is 9.11. The van der Waals surface area contributed by atoms with Crippen molar-refractivity contribution in [3.05, 3.63) is 35.8 Å². The van der Waals surface area contributed by atoms with Crippen LogP contribution in [0.25, 0.3) is 0 Å². The van der Waals surface area contributed by atoms with Crippen molar-refractivity contribution in [1.29, 1.82) is 0 Å². The smallest absolute Gasteiger partial charge is 0.134 e. The summed E-state index contributed by atoms with van der Waals surface area (Å²) >= 11 is 0. The van der Waals surface area contributed by atoms with Crippen LogP contribution in [0.4, 0.5) is 5.82 Å². The van der Waals surface area contributed by atoms with E-state index < -0.39 is 0 Å². The van der Waals surface area contributed by atoms with Gasteiger partial charge in [0.2, 0.25) is 0 Å². The normalized spacial score (nSPS) is 23.1. The largest absolute Gasteiger partial charge is 0.368 e. The summed E-state index contributed by atoms with van der Waals surface area (Å²) in [5.41, 5.74) is 7.12. The van der Waals surface area contributed by atoms with Crippen LogP contribution in [0.1, 0.15) is 61.8 Å². The Labute approximate surface area is 142 Å². The van der Waals surface area contributed by atoms with Gasteiger partial charge in [-0.1, -0.05) is 6.92 Å². The minimum atomic E-state index is 0.347. The van der Waals surface area contributed by atoms with Crippen LogP contribution in [-0.4, -0.2) is 32.1 Å². The minimum absolute atomic E-state index is 0.347. The molecule has 24 heavy (non-hydrogen) atoms. The van der Waals surface area contributed by atoms with E-state index in [1.54, 1.807) is 0 Å². The molecule has 128 valence electrons. The predicted molar refractivity (Wildman–Crippen MR) is 94.1 cm³/mol. The summed E-state index contributed by atoms with van der Waals surface area (Å²) in [5, 5.41) is 3.48. The maximum atomic E-state index is 5.95. The first kappa shape index (κ1) is 15.6. The van der Waals surface area contributed by atoms with Gasteiger partial charge < -0.3 is 15.6 Å². The van der Waals surface area contributed by atoms with Crippen molar-refractivity contribution in [3.8, 4) is 0 Å². The van der Waals surface area contributed by atoms with Crippen molar-refractivity contribution in [3.63, 3.8) is 0 Å². The van der Waals surface area contributed by atoms with Gasteiger partial charge in [-0.15, -0.1) is 0 Å². The first-order chi connectivity index (χ1) is 11.7. The number of nitrogens with one attached hydrogen (secondary N) is 1. The lowest BCUT2D eigenvalue weighted by atomic mass is 9.78. The lowest BCUT2D eigenvalue weighted by Gasteiger charge is -2.32. The average molecular weight is 326 g/mol.